The van der Waals surface area contributed by atoms with Crippen LogP contribution in [0.2, 0.25) is 0 Å². The smallest absolute Gasteiger partial charge is 0.225 e. The van der Waals surface area contributed by atoms with Crippen LogP contribution in [0, 0.1) is 5.82 Å². The number of hydrogen-bond donors (Lipinski definition) is 1. The van der Waals surface area contributed by atoms with Crippen LogP contribution in [0.15, 0.2) is 85.2 Å². The molecule has 0 aliphatic carbocycles. The van der Waals surface area contributed by atoms with Crippen molar-refractivity contribution in [2.24, 2.45) is 0 Å². The highest BCUT2D eigenvalue weighted by Gasteiger charge is 2.17. The normalized spacial score (nSPS) is 10.7. The number of methoxy groups -OCH3 is 1. The fourth-order valence-corrected chi connectivity index (χ4v) is 3.76. The van der Waals surface area contributed by atoms with Crippen LogP contribution in [-0.4, -0.2) is 28.4 Å². The van der Waals surface area contributed by atoms with E-state index >= 15 is 0 Å². The number of amides is 1. The molecule has 0 aliphatic rings. The quantitative estimate of drug-likeness (QED) is 0.300. The van der Waals surface area contributed by atoms with Gasteiger partial charge in [0.25, 0.3) is 0 Å². The van der Waals surface area contributed by atoms with Crippen molar-refractivity contribution in [3.05, 3.63) is 102 Å². The first-order valence-electron chi connectivity index (χ1n) is 11.4. The van der Waals surface area contributed by atoms with Gasteiger partial charge < -0.3 is 14.6 Å². The van der Waals surface area contributed by atoms with Crippen molar-refractivity contribution in [1.29, 1.82) is 0 Å². The molecule has 0 bridgehead atoms. The molecule has 0 saturated heterocycles. The second kappa shape index (κ2) is 11.2. The molecule has 178 valence electrons. The number of rotatable bonds is 10. The van der Waals surface area contributed by atoms with E-state index in [-0.39, 0.29) is 30.3 Å². The Kier molecular flexibility index (Phi) is 7.67. The molecule has 1 aromatic heterocycles. The minimum absolute atomic E-state index is 0.0263. The molecule has 1 heterocycles. The first kappa shape index (κ1) is 23.9. The Hall–Kier alpha value is -4.26. The fraction of sp³-hybridized carbons (Fsp3) is 0.179. The van der Waals surface area contributed by atoms with Crippen molar-refractivity contribution < 1.29 is 18.7 Å². The van der Waals surface area contributed by atoms with E-state index in [1.165, 1.54) is 12.1 Å². The lowest BCUT2D eigenvalue weighted by Crippen LogP contribution is -2.16. The molecular formula is C28H26FN3O3. The summed E-state index contributed by atoms with van der Waals surface area (Å²) in [5.41, 5.74) is 2.90. The van der Waals surface area contributed by atoms with Gasteiger partial charge in [0, 0.05) is 24.0 Å². The Morgan fingerprint density at radius 3 is 2.34 bits per heavy atom. The molecule has 0 unspecified atom stereocenters. The van der Waals surface area contributed by atoms with Gasteiger partial charge in [0.15, 0.2) is 5.78 Å². The number of nitrogens with one attached hydrogen (secondary N) is 1. The molecule has 1 amide bonds. The van der Waals surface area contributed by atoms with Crippen molar-refractivity contribution in [3.8, 4) is 17.0 Å². The van der Waals surface area contributed by atoms with Crippen molar-refractivity contribution in [1.82, 2.24) is 9.55 Å². The number of carbonyl (C=O) groups is 2. The van der Waals surface area contributed by atoms with Crippen LogP contribution in [-0.2, 0) is 11.3 Å². The molecule has 0 aliphatic heterocycles. The fourth-order valence-electron chi connectivity index (χ4n) is 3.76. The van der Waals surface area contributed by atoms with E-state index in [1.54, 1.807) is 49.8 Å². The van der Waals surface area contributed by atoms with E-state index in [0.29, 0.717) is 41.4 Å². The first-order chi connectivity index (χ1) is 17.0. The topological polar surface area (TPSA) is 73.2 Å². The van der Waals surface area contributed by atoms with Gasteiger partial charge in [-0.05, 0) is 60.5 Å². The van der Waals surface area contributed by atoms with Crippen LogP contribution in [0.4, 0.5) is 10.2 Å². The molecule has 35 heavy (non-hydrogen) atoms. The summed E-state index contributed by atoms with van der Waals surface area (Å²) in [7, 11) is 1.57. The third-order valence-electron chi connectivity index (χ3n) is 5.63. The van der Waals surface area contributed by atoms with Crippen LogP contribution >= 0.6 is 0 Å². The Labute approximate surface area is 203 Å². The predicted molar refractivity (Wildman–Crippen MR) is 133 cm³/mol. The average molecular weight is 472 g/mol. The standard InChI is InChI=1S/C28H26FN3O3/c1-35-24-16-12-21(13-17-24)25(33)8-5-9-26(34)31-28-27(22-10-14-23(29)15-11-22)30-19-32(28)18-20-6-3-2-4-7-20/h2-4,6-7,10-17,19H,5,8-9,18H2,1H3,(H,31,34). The summed E-state index contributed by atoms with van der Waals surface area (Å²) < 4.78 is 20.4. The number of anilines is 1. The van der Waals surface area contributed by atoms with Gasteiger partial charge in [0.1, 0.15) is 23.1 Å². The minimum atomic E-state index is -0.343. The van der Waals surface area contributed by atoms with Crippen LogP contribution in [0.25, 0.3) is 11.3 Å². The highest BCUT2D eigenvalue weighted by Crippen LogP contribution is 2.28. The summed E-state index contributed by atoms with van der Waals surface area (Å²) in [5.74, 6) is 0.633. The summed E-state index contributed by atoms with van der Waals surface area (Å²) in [6.07, 6.45) is 2.51. The lowest BCUT2D eigenvalue weighted by molar-refractivity contribution is -0.116. The molecule has 7 heteroatoms. The first-order valence-corrected chi connectivity index (χ1v) is 11.4. The number of carbonyl (C=O) groups excluding carboxylic acids is 2. The predicted octanol–water partition coefficient (Wildman–Crippen LogP) is 5.74. The van der Waals surface area contributed by atoms with Gasteiger partial charge in [-0.15, -0.1) is 0 Å². The SMILES string of the molecule is COc1ccc(C(=O)CCCC(=O)Nc2c(-c3ccc(F)cc3)ncn2Cc2ccccc2)cc1. The van der Waals surface area contributed by atoms with E-state index in [2.05, 4.69) is 10.3 Å². The minimum Gasteiger partial charge on any atom is -0.497 e. The zero-order valence-corrected chi connectivity index (χ0v) is 19.4. The maximum Gasteiger partial charge on any atom is 0.225 e. The molecule has 6 nitrogen and oxygen atoms in total. The van der Waals surface area contributed by atoms with E-state index < -0.39 is 0 Å². The van der Waals surface area contributed by atoms with Crippen molar-refractivity contribution in [2.75, 3.05) is 12.4 Å². The number of halogens is 1. The Morgan fingerprint density at radius 2 is 1.66 bits per heavy atom. The van der Waals surface area contributed by atoms with E-state index in [9.17, 15) is 14.0 Å². The van der Waals surface area contributed by atoms with Crippen LogP contribution in [0.3, 0.4) is 0 Å². The molecule has 0 fully saturated rings. The van der Waals surface area contributed by atoms with Gasteiger partial charge in [-0.2, -0.15) is 0 Å². The zero-order valence-electron chi connectivity index (χ0n) is 19.4. The number of ether oxygens (including phenoxy) is 1. The average Bonchev–Trinajstić information content (AvgIpc) is 3.26. The third-order valence-corrected chi connectivity index (χ3v) is 5.63. The highest BCUT2D eigenvalue weighted by atomic mass is 19.1. The monoisotopic (exact) mass is 471 g/mol. The Bertz CT molecular complexity index is 1280. The molecule has 3 aromatic carbocycles. The molecule has 0 saturated carbocycles. The number of benzene rings is 3. The molecule has 1 N–H and O–H groups in total. The van der Waals surface area contributed by atoms with Crippen LogP contribution in [0.5, 0.6) is 5.75 Å². The lowest BCUT2D eigenvalue weighted by atomic mass is 10.1. The zero-order chi connectivity index (χ0) is 24.6. The van der Waals surface area contributed by atoms with E-state index in [1.807, 2.05) is 34.9 Å². The van der Waals surface area contributed by atoms with Crippen LogP contribution in [0.1, 0.15) is 35.2 Å². The molecule has 0 spiro atoms. The summed E-state index contributed by atoms with van der Waals surface area (Å²) in [4.78, 5) is 29.8. The van der Waals surface area contributed by atoms with Gasteiger partial charge in [0.05, 0.1) is 20.0 Å². The van der Waals surface area contributed by atoms with Gasteiger partial charge in [-0.3, -0.25) is 9.59 Å². The van der Waals surface area contributed by atoms with Crippen molar-refractivity contribution in [2.45, 2.75) is 25.8 Å². The van der Waals surface area contributed by atoms with Crippen LogP contribution < -0.4 is 10.1 Å². The number of hydrogen-bond acceptors (Lipinski definition) is 4. The van der Waals surface area contributed by atoms with Gasteiger partial charge >= 0.3 is 0 Å². The number of imidazole rings is 1. The second-order valence-corrected chi connectivity index (χ2v) is 8.12. The highest BCUT2D eigenvalue weighted by molar-refractivity contribution is 5.97. The second-order valence-electron chi connectivity index (χ2n) is 8.12. The molecule has 0 atom stereocenters. The Balaban J connectivity index is 1.44. The molecular weight excluding hydrogens is 445 g/mol. The lowest BCUT2D eigenvalue weighted by Gasteiger charge is -2.12. The van der Waals surface area contributed by atoms with Crippen molar-refractivity contribution >= 4 is 17.5 Å². The van der Waals surface area contributed by atoms with Gasteiger partial charge in [-0.1, -0.05) is 30.3 Å². The summed E-state index contributed by atoms with van der Waals surface area (Å²) >= 11 is 0. The molecule has 4 rings (SSSR count). The maximum absolute atomic E-state index is 13.4. The van der Waals surface area contributed by atoms with Gasteiger partial charge in [0.2, 0.25) is 5.91 Å². The third kappa shape index (κ3) is 6.20. The molecule has 0 radical (unpaired) electrons. The summed E-state index contributed by atoms with van der Waals surface area (Å²) in [6, 6.07) is 22.7. The number of aromatic nitrogens is 2. The summed E-state index contributed by atoms with van der Waals surface area (Å²) in [5, 5.41) is 2.96. The number of nitrogens with zero attached hydrogens (tertiary/aromatic N) is 2. The largest absolute Gasteiger partial charge is 0.497 e. The van der Waals surface area contributed by atoms with Gasteiger partial charge in [-0.25, -0.2) is 9.37 Å². The summed E-state index contributed by atoms with van der Waals surface area (Å²) in [6.45, 7) is 0.514. The maximum atomic E-state index is 13.4. The van der Waals surface area contributed by atoms with E-state index in [4.69, 9.17) is 4.74 Å². The molecule has 4 aromatic rings. The van der Waals surface area contributed by atoms with Crippen molar-refractivity contribution in [3.63, 3.8) is 0 Å². The Morgan fingerprint density at radius 1 is 0.943 bits per heavy atom. The number of ketones is 1. The van der Waals surface area contributed by atoms with E-state index in [0.717, 1.165) is 5.56 Å². The number of Topliss-reactive ketones (excluding diaryl/α,β-unsaturated/α-hetero) is 1.